The maximum Gasteiger partial charge on any atom is 0.119 e. The van der Waals surface area contributed by atoms with Crippen molar-refractivity contribution in [2.24, 2.45) is 0 Å². The quantitative estimate of drug-likeness (QED) is 0.851. The number of methoxy groups -OCH3 is 1. The van der Waals surface area contributed by atoms with Crippen molar-refractivity contribution in [2.75, 3.05) is 19.4 Å². The highest BCUT2D eigenvalue weighted by Crippen LogP contribution is 2.30. The Hall–Kier alpha value is -1.45. The highest BCUT2D eigenvalue weighted by molar-refractivity contribution is 7.99. The van der Waals surface area contributed by atoms with E-state index in [0.29, 0.717) is 0 Å². The van der Waals surface area contributed by atoms with Crippen LogP contribution in [0.2, 0.25) is 0 Å². The molecule has 0 fully saturated rings. The lowest BCUT2D eigenvalue weighted by Crippen LogP contribution is -2.23. The van der Waals surface area contributed by atoms with Crippen LogP contribution in [0.25, 0.3) is 0 Å². The third-order valence-electron chi connectivity index (χ3n) is 3.58. The van der Waals surface area contributed by atoms with Crippen LogP contribution in [0.15, 0.2) is 53.4 Å². The number of ether oxygens (including phenoxy) is 1. The van der Waals surface area contributed by atoms with E-state index in [0.717, 1.165) is 31.1 Å². The summed E-state index contributed by atoms with van der Waals surface area (Å²) in [4.78, 5) is 3.90. The summed E-state index contributed by atoms with van der Waals surface area (Å²) < 4.78 is 5.35. The van der Waals surface area contributed by atoms with Crippen molar-refractivity contribution in [3.05, 3.63) is 59.7 Å². The van der Waals surface area contributed by atoms with E-state index in [4.69, 9.17) is 4.74 Å². The van der Waals surface area contributed by atoms with Gasteiger partial charge in [0.05, 0.1) is 7.11 Å². The number of rotatable bonds is 3. The van der Waals surface area contributed by atoms with Gasteiger partial charge in [0.25, 0.3) is 0 Å². The van der Waals surface area contributed by atoms with E-state index >= 15 is 0 Å². The second-order valence-electron chi connectivity index (χ2n) is 5.02. The second kappa shape index (κ2) is 6.33. The molecule has 0 amide bonds. The van der Waals surface area contributed by atoms with Crippen LogP contribution in [0.5, 0.6) is 5.75 Å². The summed E-state index contributed by atoms with van der Waals surface area (Å²) >= 11 is 1.95. The van der Waals surface area contributed by atoms with E-state index < -0.39 is 0 Å². The number of nitrogens with zero attached hydrogens (tertiary/aromatic N) is 1. The molecule has 20 heavy (non-hydrogen) atoms. The molecular formula is C17H19NOS. The van der Waals surface area contributed by atoms with Crippen molar-refractivity contribution in [1.29, 1.82) is 0 Å². The first kappa shape index (κ1) is 13.5. The molecule has 0 radical (unpaired) electrons. The molecule has 0 bridgehead atoms. The fraction of sp³-hybridized carbons (Fsp3) is 0.294. The van der Waals surface area contributed by atoms with Gasteiger partial charge in [-0.05, 0) is 29.3 Å². The number of fused-ring (bicyclic) bond motifs is 1. The van der Waals surface area contributed by atoms with Gasteiger partial charge in [-0.15, -0.1) is 11.8 Å². The molecule has 0 atom stereocenters. The molecule has 0 N–H and O–H groups in total. The summed E-state index contributed by atoms with van der Waals surface area (Å²) in [5.74, 6) is 2.09. The molecule has 104 valence electrons. The summed E-state index contributed by atoms with van der Waals surface area (Å²) in [6.45, 7) is 3.13. The maximum atomic E-state index is 5.35. The van der Waals surface area contributed by atoms with Crippen LogP contribution >= 0.6 is 11.8 Å². The zero-order valence-corrected chi connectivity index (χ0v) is 12.5. The monoisotopic (exact) mass is 285 g/mol. The van der Waals surface area contributed by atoms with Crippen molar-refractivity contribution in [2.45, 2.75) is 18.0 Å². The third kappa shape index (κ3) is 3.17. The second-order valence-corrected chi connectivity index (χ2v) is 6.16. The molecule has 0 spiro atoms. The Bertz CT molecular complexity index is 570. The molecule has 0 unspecified atom stereocenters. The Kier molecular flexibility index (Phi) is 4.28. The number of thioether (sulfide) groups is 1. The minimum Gasteiger partial charge on any atom is -0.497 e. The fourth-order valence-electron chi connectivity index (χ4n) is 2.53. The van der Waals surface area contributed by atoms with Crippen molar-refractivity contribution < 1.29 is 4.74 Å². The average molecular weight is 285 g/mol. The number of hydrogen-bond donors (Lipinski definition) is 0. The Labute approximate surface area is 124 Å². The largest absolute Gasteiger partial charge is 0.497 e. The summed E-state index contributed by atoms with van der Waals surface area (Å²) in [5, 5.41) is 0. The van der Waals surface area contributed by atoms with Gasteiger partial charge in [0, 0.05) is 30.3 Å². The minimum absolute atomic E-state index is 0.950. The van der Waals surface area contributed by atoms with Gasteiger partial charge in [-0.3, -0.25) is 4.90 Å². The van der Waals surface area contributed by atoms with Crippen LogP contribution < -0.4 is 4.74 Å². The summed E-state index contributed by atoms with van der Waals surface area (Å²) in [7, 11) is 1.73. The molecule has 0 saturated carbocycles. The lowest BCUT2D eigenvalue weighted by Gasteiger charge is -2.20. The lowest BCUT2D eigenvalue weighted by molar-refractivity contribution is 0.274. The van der Waals surface area contributed by atoms with E-state index in [1.165, 1.54) is 16.0 Å². The minimum atomic E-state index is 0.950. The van der Waals surface area contributed by atoms with Crippen LogP contribution in [-0.2, 0) is 13.1 Å². The zero-order chi connectivity index (χ0) is 13.8. The Balaban J connectivity index is 1.78. The molecule has 1 heterocycles. The smallest absolute Gasteiger partial charge is 0.119 e. The van der Waals surface area contributed by atoms with E-state index in [-0.39, 0.29) is 0 Å². The maximum absolute atomic E-state index is 5.35. The average Bonchev–Trinajstić information content (AvgIpc) is 2.69. The van der Waals surface area contributed by atoms with Gasteiger partial charge in [0.1, 0.15) is 5.75 Å². The van der Waals surface area contributed by atoms with Gasteiger partial charge in [0.2, 0.25) is 0 Å². The first-order chi connectivity index (χ1) is 9.85. The Morgan fingerprint density at radius 3 is 2.80 bits per heavy atom. The normalized spacial score (nSPS) is 15.4. The van der Waals surface area contributed by atoms with Crippen LogP contribution in [-0.4, -0.2) is 24.3 Å². The standard InChI is InChI=1S/C17H19NOS/c1-19-16-7-8-17-15(11-16)13-18(9-10-20-17)12-14-5-3-2-4-6-14/h2-8,11H,9-10,12-13H2,1H3. The first-order valence-electron chi connectivity index (χ1n) is 6.91. The highest BCUT2D eigenvalue weighted by atomic mass is 32.2. The molecule has 2 nitrogen and oxygen atoms in total. The van der Waals surface area contributed by atoms with Gasteiger partial charge in [-0.2, -0.15) is 0 Å². The van der Waals surface area contributed by atoms with Crippen molar-refractivity contribution in [1.82, 2.24) is 4.90 Å². The van der Waals surface area contributed by atoms with Crippen LogP contribution in [0.1, 0.15) is 11.1 Å². The molecule has 2 aromatic carbocycles. The van der Waals surface area contributed by atoms with Gasteiger partial charge in [-0.1, -0.05) is 30.3 Å². The lowest BCUT2D eigenvalue weighted by atomic mass is 10.1. The molecule has 2 aromatic rings. The summed E-state index contributed by atoms with van der Waals surface area (Å²) in [6, 6.07) is 17.1. The summed E-state index contributed by atoms with van der Waals surface area (Å²) in [6.07, 6.45) is 0. The first-order valence-corrected chi connectivity index (χ1v) is 7.90. The molecule has 3 rings (SSSR count). The SMILES string of the molecule is COc1ccc2c(c1)CN(Cc1ccccc1)CCS2. The molecule has 3 heteroatoms. The third-order valence-corrected chi connectivity index (χ3v) is 4.67. The topological polar surface area (TPSA) is 12.5 Å². The van der Waals surface area contributed by atoms with Gasteiger partial charge in [-0.25, -0.2) is 0 Å². The van der Waals surface area contributed by atoms with Crippen molar-refractivity contribution in [3.8, 4) is 5.75 Å². The molecule has 0 aromatic heterocycles. The van der Waals surface area contributed by atoms with E-state index in [1.54, 1.807) is 7.11 Å². The fourth-order valence-corrected chi connectivity index (χ4v) is 3.57. The molecule has 0 aliphatic carbocycles. The van der Waals surface area contributed by atoms with Crippen LogP contribution in [0, 0.1) is 0 Å². The number of benzene rings is 2. The molecule has 1 aliphatic heterocycles. The van der Waals surface area contributed by atoms with Gasteiger partial charge in [0.15, 0.2) is 0 Å². The van der Waals surface area contributed by atoms with Crippen LogP contribution in [0.4, 0.5) is 0 Å². The van der Waals surface area contributed by atoms with Gasteiger partial charge >= 0.3 is 0 Å². The van der Waals surface area contributed by atoms with E-state index in [2.05, 4.69) is 53.4 Å². The zero-order valence-electron chi connectivity index (χ0n) is 11.7. The van der Waals surface area contributed by atoms with E-state index in [1.807, 2.05) is 11.8 Å². The predicted molar refractivity (Wildman–Crippen MR) is 84.3 cm³/mol. The van der Waals surface area contributed by atoms with Gasteiger partial charge < -0.3 is 4.74 Å². The molecular weight excluding hydrogens is 266 g/mol. The highest BCUT2D eigenvalue weighted by Gasteiger charge is 2.15. The molecule has 0 saturated heterocycles. The van der Waals surface area contributed by atoms with Crippen molar-refractivity contribution in [3.63, 3.8) is 0 Å². The predicted octanol–water partition coefficient (Wildman–Crippen LogP) is 3.80. The van der Waals surface area contributed by atoms with Crippen LogP contribution in [0.3, 0.4) is 0 Å². The molecule has 1 aliphatic rings. The Morgan fingerprint density at radius 1 is 1.15 bits per heavy atom. The Morgan fingerprint density at radius 2 is 2.00 bits per heavy atom. The van der Waals surface area contributed by atoms with Crippen molar-refractivity contribution >= 4 is 11.8 Å². The van der Waals surface area contributed by atoms with E-state index in [9.17, 15) is 0 Å². The summed E-state index contributed by atoms with van der Waals surface area (Å²) in [5.41, 5.74) is 2.76. The number of hydrogen-bond acceptors (Lipinski definition) is 3.